The van der Waals surface area contributed by atoms with E-state index in [1.165, 1.54) is 13.2 Å². The molecule has 0 bridgehead atoms. The van der Waals surface area contributed by atoms with Crippen LogP contribution in [0.4, 0.5) is 5.13 Å². The van der Waals surface area contributed by atoms with Crippen molar-refractivity contribution >= 4 is 38.5 Å². The summed E-state index contributed by atoms with van der Waals surface area (Å²) < 4.78 is 48.5. The number of sulfone groups is 1. The van der Waals surface area contributed by atoms with Gasteiger partial charge in [0.1, 0.15) is 36.4 Å². The molecule has 3 aromatic rings. The number of carbonyl (C=O) groups excluding carboxylic acids is 1. The number of anilines is 1. The van der Waals surface area contributed by atoms with Crippen LogP contribution in [0.3, 0.4) is 0 Å². The molecule has 0 aliphatic heterocycles. The molecule has 1 aromatic heterocycles. The lowest BCUT2D eigenvalue weighted by atomic mass is 10.1. The van der Waals surface area contributed by atoms with E-state index in [1.807, 2.05) is 6.07 Å². The largest absolute Gasteiger partial charge is 0.497 e. The molecule has 0 fully saturated rings. The van der Waals surface area contributed by atoms with E-state index >= 15 is 0 Å². The van der Waals surface area contributed by atoms with Crippen molar-refractivity contribution in [2.75, 3.05) is 39.0 Å². The first kappa shape index (κ1) is 26.5. The molecule has 2 aromatic carbocycles. The number of hydrogen-bond donors (Lipinski definition) is 1. The summed E-state index contributed by atoms with van der Waals surface area (Å²) in [6, 6.07) is 13.9. The number of nitrogens with one attached hydrogen (secondary N) is 1. The van der Waals surface area contributed by atoms with Crippen LogP contribution in [0.15, 0.2) is 53.2 Å². The number of hydrogen-bond acceptors (Lipinski definition) is 11. The summed E-state index contributed by atoms with van der Waals surface area (Å²) in [7, 11) is -0.552. The third-order valence-electron chi connectivity index (χ3n) is 4.49. The van der Waals surface area contributed by atoms with Crippen molar-refractivity contribution in [3.8, 4) is 29.1 Å². The number of amides is 1. The summed E-state index contributed by atoms with van der Waals surface area (Å²) in [5.41, 5.74) is 0.282. The van der Waals surface area contributed by atoms with Crippen molar-refractivity contribution in [1.82, 2.24) is 9.36 Å². The van der Waals surface area contributed by atoms with Crippen LogP contribution in [0.2, 0.25) is 0 Å². The lowest BCUT2D eigenvalue weighted by molar-refractivity contribution is -0.112. The zero-order valence-corrected chi connectivity index (χ0v) is 21.2. The average Bonchev–Trinajstić information content (AvgIpc) is 3.35. The number of rotatable bonds is 11. The average molecular weight is 531 g/mol. The summed E-state index contributed by atoms with van der Waals surface area (Å²) in [5.74, 6) is 1.50. The first-order valence-corrected chi connectivity index (χ1v) is 12.9. The van der Waals surface area contributed by atoms with Crippen LogP contribution in [-0.2, 0) is 14.6 Å². The molecule has 0 radical (unpaired) electrons. The smallest absolute Gasteiger partial charge is 0.268 e. The van der Waals surface area contributed by atoms with Gasteiger partial charge in [-0.1, -0.05) is 6.07 Å². The summed E-state index contributed by atoms with van der Waals surface area (Å²) in [6.45, 7) is 0.545. The Kier molecular flexibility index (Phi) is 8.82. The van der Waals surface area contributed by atoms with E-state index in [4.69, 9.17) is 18.9 Å². The van der Waals surface area contributed by atoms with Crippen LogP contribution in [0, 0.1) is 11.3 Å². The van der Waals surface area contributed by atoms with E-state index in [0.717, 1.165) is 12.0 Å². The van der Waals surface area contributed by atoms with Crippen LogP contribution in [-0.4, -0.2) is 57.4 Å². The Morgan fingerprint density at radius 1 is 1.06 bits per heavy atom. The predicted molar refractivity (Wildman–Crippen MR) is 132 cm³/mol. The van der Waals surface area contributed by atoms with Crippen LogP contribution >= 0.6 is 11.5 Å². The van der Waals surface area contributed by atoms with Gasteiger partial charge in [-0.25, -0.2) is 8.42 Å². The second-order valence-corrected chi connectivity index (χ2v) is 9.72. The van der Waals surface area contributed by atoms with Crippen molar-refractivity contribution in [1.29, 1.82) is 5.26 Å². The van der Waals surface area contributed by atoms with Crippen LogP contribution in [0.1, 0.15) is 5.56 Å². The Hall–Kier alpha value is -4.15. The standard InChI is InChI=1S/C23H22N4O7S2/c1-31-17-5-7-18(8-6-17)33-10-11-34-19-9-4-15(13-20(19)32-2)12-16(14-24)21(28)25-22-26-23(27-35-22)36(3,29)30/h4-9,12-13H,10-11H2,1-3H3,(H,25,26,27,28)/b16-12-. The van der Waals surface area contributed by atoms with E-state index < -0.39 is 20.9 Å². The maximum absolute atomic E-state index is 12.5. The van der Waals surface area contributed by atoms with Gasteiger partial charge >= 0.3 is 0 Å². The minimum absolute atomic E-state index is 0.0419. The van der Waals surface area contributed by atoms with Crippen LogP contribution in [0.25, 0.3) is 6.08 Å². The van der Waals surface area contributed by atoms with E-state index in [1.54, 1.807) is 49.6 Å². The molecule has 1 N–H and O–H groups in total. The maximum Gasteiger partial charge on any atom is 0.268 e. The lowest BCUT2D eigenvalue weighted by Crippen LogP contribution is -2.13. The van der Waals surface area contributed by atoms with Crippen molar-refractivity contribution in [3.05, 3.63) is 53.6 Å². The third-order valence-corrected chi connectivity index (χ3v) is 6.08. The van der Waals surface area contributed by atoms with Crippen molar-refractivity contribution in [3.63, 3.8) is 0 Å². The quantitative estimate of drug-likeness (QED) is 0.223. The Bertz CT molecular complexity index is 1390. The fourth-order valence-electron chi connectivity index (χ4n) is 2.77. The topological polar surface area (TPSA) is 150 Å². The number of aromatic nitrogens is 2. The van der Waals surface area contributed by atoms with Gasteiger partial charge < -0.3 is 18.9 Å². The highest BCUT2D eigenvalue weighted by molar-refractivity contribution is 7.90. The number of ether oxygens (including phenoxy) is 4. The third kappa shape index (κ3) is 7.17. The fourth-order valence-corrected chi connectivity index (χ4v) is 4.21. The molecule has 3 rings (SSSR count). The first-order chi connectivity index (χ1) is 17.2. The normalized spacial score (nSPS) is 11.3. The van der Waals surface area contributed by atoms with Gasteiger partial charge in [-0.3, -0.25) is 10.1 Å². The second kappa shape index (κ2) is 12.0. The van der Waals surface area contributed by atoms with Crippen LogP contribution < -0.4 is 24.3 Å². The summed E-state index contributed by atoms with van der Waals surface area (Å²) in [6.07, 6.45) is 2.31. The second-order valence-electron chi connectivity index (χ2n) is 7.06. The van der Waals surface area contributed by atoms with Crippen molar-refractivity contribution in [2.45, 2.75) is 5.16 Å². The molecule has 1 heterocycles. The van der Waals surface area contributed by atoms with Gasteiger partial charge in [0.25, 0.3) is 11.1 Å². The molecule has 0 aliphatic carbocycles. The Balaban J connectivity index is 1.62. The zero-order chi connectivity index (χ0) is 26.1. The molecule has 13 heteroatoms. The maximum atomic E-state index is 12.5. The molecule has 0 unspecified atom stereocenters. The molecular weight excluding hydrogens is 508 g/mol. The Labute approximate surface area is 212 Å². The molecule has 11 nitrogen and oxygen atoms in total. The highest BCUT2D eigenvalue weighted by atomic mass is 32.2. The van der Waals surface area contributed by atoms with Crippen LogP contribution in [0.5, 0.6) is 23.0 Å². The summed E-state index contributed by atoms with van der Waals surface area (Å²) in [4.78, 5) is 16.2. The summed E-state index contributed by atoms with van der Waals surface area (Å²) >= 11 is 0.695. The summed E-state index contributed by atoms with van der Waals surface area (Å²) in [5, 5.41) is 11.4. The van der Waals surface area contributed by atoms with Gasteiger partial charge in [0.05, 0.1) is 14.2 Å². The van der Waals surface area contributed by atoms with Gasteiger partial charge in [-0.2, -0.15) is 14.6 Å². The molecule has 36 heavy (non-hydrogen) atoms. The molecule has 0 aliphatic rings. The molecule has 0 saturated heterocycles. The zero-order valence-electron chi connectivity index (χ0n) is 19.5. The fraction of sp³-hybridized carbons (Fsp3) is 0.217. The van der Waals surface area contributed by atoms with Crippen molar-refractivity contribution < 1.29 is 32.2 Å². The molecule has 0 spiro atoms. The molecule has 1 amide bonds. The van der Waals surface area contributed by atoms with Gasteiger partial charge in [0, 0.05) is 17.8 Å². The van der Waals surface area contributed by atoms with Gasteiger partial charge in [0.2, 0.25) is 15.0 Å². The molecule has 0 atom stereocenters. The van der Waals surface area contributed by atoms with E-state index in [-0.39, 0.29) is 17.3 Å². The number of benzene rings is 2. The molecular formula is C23H22N4O7S2. The minimum Gasteiger partial charge on any atom is -0.497 e. The lowest BCUT2D eigenvalue weighted by Gasteiger charge is -2.12. The monoisotopic (exact) mass is 530 g/mol. The van der Waals surface area contributed by atoms with Gasteiger partial charge in [-0.15, -0.1) is 0 Å². The first-order valence-electron chi connectivity index (χ1n) is 10.3. The minimum atomic E-state index is -3.61. The van der Waals surface area contributed by atoms with Gasteiger partial charge in [-0.05, 0) is 48.0 Å². The highest BCUT2D eigenvalue weighted by Crippen LogP contribution is 2.29. The van der Waals surface area contributed by atoms with Gasteiger partial charge in [0.15, 0.2) is 11.5 Å². The predicted octanol–water partition coefficient (Wildman–Crippen LogP) is 2.96. The number of carbonyl (C=O) groups is 1. The Morgan fingerprint density at radius 2 is 1.75 bits per heavy atom. The Morgan fingerprint density at radius 3 is 2.36 bits per heavy atom. The number of nitriles is 1. The van der Waals surface area contributed by atoms with E-state index in [9.17, 15) is 18.5 Å². The number of nitrogens with zero attached hydrogens (tertiary/aromatic N) is 3. The molecule has 0 saturated carbocycles. The van der Waals surface area contributed by atoms with Crippen molar-refractivity contribution in [2.24, 2.45) is 0 Å². The highest BCUT2D eigenvalue weighted by Gasteiger charge is 2.17. The molecule has 188 valence electrons. The van der Waals surface area contributed by atoms with E-state index in [0.29, 0.717) is 41.0 Å². The SMILES string of the molecule is COc1ccc(OCCOc2ccc(/C=C(/C#N)C(=O)Nc3nc(S(C)(=O)=O)ns3)cc2OC)cc1. The van der Waals surface area contributed by atoms with E-state index in [2.05, 4.69) is 14.7 Å². The number of methoxy groups -OCH3 is 2.